The highest BCUT2D eigenvalue weighted by molar-refractivity contribution is 7.89. The van der Waals surface area contributed by atoms with Crippen molar-refractivity contribution in [3.63, 3.8) is 0 Å². The number of amides is 1. The summed E-state index contributed by atoms with van der Waals surface area (Å²) in [6, 6.07) is 3.86. The van der Waals surface area contributed by atoms with Crippen molar-refractivity contribution in [3.8, 4) is 0 Å². The van der Waals surface area contributed by atoms with Gasteiger partial charge >= 0.3 is 0 Å². The van der Waals surface area contributed by atoms with Crippen LogP contribution in [0.1, 0.15) is 56.8 Å². The molecule has 27 heavy (non-hydrogen) atoms. The van der Waals surface area contributed by atoms with E-state index in [0.717, 1.165) is 6.42 Å². The van der Waals surface area contributed by atoms with Crippen LogP contribution >= 0.6 is 11.6 Å². The molecule has 1 aliphatic rings. The predicted molar refractivity (Wildman–Crippen MR) is 107 cm³/mol. The van der Waals surface area contributed by atoms with Crippen molar-refractivity contribution in [2.24, 2.45) is 5.92 Å². The van der Waals surface area contributed by atoms with Crippen LogP contribution in [0.5, 0.6) is 0 Å². The largest absolute Gasteiger partial charge is 0.376 e. The molecule has 1 amide bonds. The van der Waals surface area contributed by atoms with Crippen LogP contribution < -0.4 is 10.0 Å². The summed E-state index contributed by atoms with van der Waals surface area (Å²) < 4.78 is 32.9. The second-order valence-corrected chi connectivity index (χ2v) is 9.47. The first kappa shape index (κ1) is 22.1. The molecular weight excluding hydrogens is 388 g/mol. The van der Waals surface area contributed by atoms with E-state index in [2.05, 4.69) is 17.0 Å². The Labute approximate surface area is 167 Å². The van der Waals surface area contributed by atoms with Crippen LogP contribution in [-0.2, 0) is 14.8 Å². The maximum atomic E-state index is 12.4. The SMILES string of the molecule is CC(C)NS(=O)(=O)c1ccc(Cl)c(C(=O)NCCOC2CCCCC2C)c1. The van der Waals surface area contributed by atoms with Gasteiger partial charge in [-0.15, -0.1) is 0 Å². The van der Waals surface area contributed by atoms with E-state index < -0.39 is 15.9 Å². The van der Waals surface area contributed by atoms with E-state index in [4.69, 9.17) is 16.3 Å². The Morgan fingerprint density at radius 3 is 2.67 bits per heavy atom. The number of carbonyl (C=O) groups excluding carboxylic acids is 1. The lowest BCUT2D eigenvalue weighted by atomic mass is 9.88. The maximum Gasteiger partial charge on any atom is 0.252 e. The van der Waals surface area contributed by atoms with Crippen LogP contribution in [0.15, 0.2) is 23.1 Å². The number of hydrogen-bond donors (Lipinski definition) is 2. The average Bonchev–Trinajstić information content (AvgIpc) is 2.59. The molecular formula is C19H29ClN2O4S. The number of carbonyl (C=O) groups is 1. The van der Waals surface area contributed by atoms with Crippen molar-refractivity contribution in [2.75, 3.05) is 13.2 Å². The summed E-state index contributed by atoms with van der Waals surface area (Å²) in [7, 11) is -3.69. The van der Waals surface area contributed by atoms with Gasteiger partial charge in [-0.25, -0.2) is 13.1 Å². The molecule has 0 bridgehead atoms. The normalized spacial score (nSPS) is 20.6. The monoisotopic (exact) mass is 416 g/mol. The lowest BCUT2D eigenvalue weighted by Crippen LogP contribution is -2.32. The maximum absolute atomic E-state index is 12.4. The molecule has 0 aromatic heterocycles. The standard InChI is InChI=1S/C19H29ClN2O4S/c1-13(2)22-27(24,25)15-8-9-17(20)16(12-15)19(23)21-10-11-26-18-7-5-4-6-14(18)3/h8-9,12-14,18,22H,4-7,10-11H2,1-3H3,(H,21,23). The molecule has 152 valence electrons. The van der Waals surface area contributed by atoms with E-state index in [9.17, 15) is 13.2 Å². The second-order valence-electron chi connectivity index (χ2n) is 7.34. The molecule has 0 heterocycles. The van der Waals surface area contributed by atoms with Crippen LogP contribution in [0, 0.1) is 5.92 Å². The Balaban J connectivity index is 1.94. The number of sulfonamides is 1. The van der Waals surface area contributed by atoms with Gasteiger partial charge in [0.2, 0.25) is 10.0 Å². The van der Waals surface area contributed by atoms with Crippen molar-refractivity contribution >= 4 is 27.5 Å². The first-order chi connectivity index (χ1) is 12.7. The third-order valence-electron chi connectivity index (χ3n) is 4.64. The van der Waals surface area contributed by atoms with Gasteiger partial charge in [0.1, 0.15) is 0 Å². The van der Waals surface area contributed by atoms with Gasteiger partial charge in [0.15, 0.2) is 0 Å². The molecule has 2 atom stereocenters. The minimum atomic E-state index is -3.69. The minimum Gasteiger partial charge on any atom is -0.376 e. The first-order valence-electron chi connectivity index (χ1n) is 9.42. The Morgan fingerprint density at radius 2 is 2.00 bits per heavy atom. The molecule has 2 N–H and O–H groups in total. The van der Waals surface area contributed by atoms with Crippen molar-refractivity contribution in [1.29, 1.82) is 0 Å². The zero-order chi connectivity index (χ0) is 20.0. The summed E-state index contributed by atoms with van der Waals surface area (Å²) in [4.78, 5) is 12.4. The number of rotatable bonds is 8. The van der Waals surface area contributed by atoms with Crippen molar-refractivity contribution in [3.05, 3.63) is 28.8 Å². The topological polar surface area (TPSA) is 84.5 Å². The summed E-state index contributed by atoms with van der Waals surface area (Å²) in [6.07, 6.45) is 4.92. The third-order valence-corrected chi connectivity index (χ3v) is 6.62. The van der Waals surface area contributed by atoms with Gasteiger partial charge in [-0.1, -0.05) is 31.4 Å². The fourth-order valence-corrected chi connectivity index (χ4v) is 4.70. The highest BCUT2D eigenvalue weighted by Crippen LogP contribution is 2.26. The van der Waals surface area contributed by atoms with Gasteiger partial charge in [-0.05, 0) is 50.8 Å². The molecule has 1 fully saturated rings. The van der Waals surface area contributed by atoms with Gasteiger partial charge < -0.3 is 10.1 Å². The van der Waals surface area contributed by atoms with Gasteiger partial charge in [0.25, 0.3) is 5.91 Å². The Bertz CT molecular complexity index is 752. The number of ether oxygens (including phenoxy) is 1. The van der Waals surface area contributed by atoms with Crippen molar-refractivity contribution in [1.82, 2.24) is 10.0 Å². The van der Waals surface area contributed by atoms with Crippen LogP contribution in [0.4, 0.5) is 0 Å². The lowest BCUT2D eigenvalue weighted by Gasteiger charge is -2.28. The van der Waals surface area contributed by atoms with E-state index in [1.54, 1.807) is 13.8 Å². The molecule has 0 saturated heterocycles. The van der Waals surface area contributed by atoms with Crippen molar-refractivity contribution < 1.29 is 17.9 Å². The fraction of sp³-hybridized carbons (Fsp3) is 0.632. The van der Waals surface area contributed by atoms with Crippen molar-refractivity contribution in [2.45, 2.75) is 63.5 Å². The molecule has 0 spiro atoms. The summed E-state index contributed by atoms with van der Waals surface area (Å²) in [5.41, 5.74) is 0.134. The van der Waals surface area contributed by atoms with Gasteiger partial charge in [-0.2, -0.15) is 0 Å². The van der Waals surface area contributed by atoms with Crippen LogP contribution in [0.25, 0.3) is 0 Å². The van der Waals surface area contributed by atoms with E-state index in [1.165, 1.54) is 37.5 Å². The summed E-state index contributed by atoms with van der Waals surface area (Å²) >= 11 is 6.09. The molecule has 1 saturated carbocycles. The highest BCUT2D eigenvalue weighted by atomic mass is 35.5. The fourth-order valence-electron chi connectivity index (χ4n) is 3.22. The molecule has 0 radical (unpaired) electrons. The van der Waals surface area contributed by atoms with Gasteiger partial charge in [0.05, 0.1) is 28.2 Å². The molecule has 1 aromatic carbocycles. The van der Waals surface area contributed by atoms with Crippen LogP contribution in [0.3, 0.4) is 0 Å². The van der Waals surface area contributed by atoms with E-state index in [-0.39, 0.29) is 27.6 Å². The minimum absolute atomic E-state index is 0.0121. The quantitative estimate of drug-likeness (QED) is 0.636. The van der Waals surface area contributed by atoms with Crippen LogP contribution in [-0.4, -0.2) is 39.6 Å². The smallest absolute Gasteiger partial charge is 0.252 e. The molecule has 0 aliphatic heterocycles. The predicted octanol–water partition coefficient (Wildman–Crippen LogP) is 3.35. The molecule has 2 rings (SSSR count). The summed E-state index contributed by atoms with van der Waals surface area (Å²) in [6.45, 7) is 6.42. The summed E-state index contributed by atoms with van der Waals surface area (Å²) in [5, 5.41) is 2.96. The second kappa shape index (κ2) is 9.87. The van der Waals surface area contributed by atoms with Gasteiger partial charge in [-0.3, -0.25) is 4.79 Å². The zero-order valence-electron chi connectivity index (χ0n) is 16.1. The van der Waals surface area contributed by atoms with Crippen LogP contribution in [0.2, 0.25) is 5.02 Å². The number of hydrogen-bond acceptors (Lipinski definition) is 4. The molecule has 1 aliphatic carbocycles. The van der Waals surface area contributed by atoms with Gasteiger partial charge in [0, 0.05) is 12.6 Å². The van der Waals surface area contributed by atoms with E-state index >= 15 is 0 Å². The third kappa shape index (κ3) is 6.45. The molecule has 6 nitrogen and oxygen atoms in total. The number of halogens is 1. The lowest BCUT2D eigenvalue weighted by molar-refractivity contribution is -0.00293. The molecule has 2 unspecified atom stereocenters. The Hall–Kier alpha value is -1.15. The molecule has 1 aromatic rings. The summed E-state index contributed by atoms with van der Waals surface area (Å²) in [5.74, 6) is 0.126. The first-order valence-corrected chi connectivity index (χ1v) is 11.3. The Kier molecular flexibility index (Phi) is 8.09. The Morgan fingerprint density at radius 1 is 1.30 bits per heavy atom. The highest BCUT2D eigenvalue weighted by Gasteiger charge is 2.22. The average molecular weight is 417 g/mol. The number of nitrogens with one attached hydrogen (secondary N) is 2. The van der Waals surface area contributed by atoms with E-state index in [1.807, 2.05) is 0 Å². The van der Waals surface area contributed by atoms with E-state index in [0.29, 0.717) is 19.1 Å². The number of benzene rings is 1. The zero-order valence-corrected chi connectivity index (χ0v) is 17.7. The molecule has 8 heteroatoms.